The molecule has 0 amide bonds. The van der Waals surface area contributed by atoms with Crippen molar-refractivity contribution in [3.05, 3.63) is 40.6 Å². The summed E-state index contributed by atoms with van der Waals surface area (Å²) in [5, 5.41) is 6.86. The SMILES string of the molecule is CS(=O)(=O)N1CCc2c(N)nn(C(=O)C3CCNc4c3cccc4C(F)(F)F)c2C1. The van der Waals surface area contributed by atoms with Crippen LogP contribution in [0.3, 0.4) is 0 Å². The van der Waals surface area contributed by atoms with Crippen LogP contribution in [0.4, 0.5) is 24.7 Å². The zero-order chi connectivity index (χ0) is 21.8. The summed E-state index contributed by atoms with van der Waals surface area (Å²) < 4.78 is 66.4. The quantitative estimate of drug-likeness (QED) is 0.735. The molecule has 8 nitrogen and oxygen atoms in total. The number of para-hydroxylation sites is 1. The van der Waals surface area contributed by atoms with Gasteiger partial charge in [0.05, 0.1) is 35.7 Å². The minimum Gasteiger partial charge on any atom is -0.384 e. The second-order valence-electron chi connectivity index (χ2n) is 7.44. The minimum absolute atomic E-state index is 0.0650. The van der Waals surface area contributed by atoms with Crippen LogP contribution in [0.5, 0.6) is 0 Å². The van der Waals surface area contributed by atoms with Gasteiger partial charge in [0.15, 0.2) is 0 Å². The zero-order valence-corrected chi connectivity index (χ0v) is 16.8. The molecule has 12 heteroatoms. The molecule has 0 saturated carbocycles. The molecule has 4 rings (SSSR count). The van der Waals surface area contributed by atoms with Gasteiger partial charge in [-0.05, 0) is 24.5 Å². The predicted molar refractivity (Wildman–Crippen MR) is 104 cm³/mol. The summed E-state index contributed by atoms with van der Waals surface area (Å²) in [4.78, 5) is 13.3. The van der Waals surface area contributed by atoms with Crippen LogP contribution in [0.25, 0.3) is 0 Å². The van der Waals surface area contributed by atoms with Crippen molar-refractivity contribution in [3.63, 3.8) is 0 Å². The molecule has 0 radical (unpaired) electrons. The molecular weight excluding hydrogens is 423 g/mol. The number of sulfonamides is 1. The van der Waals surface area contributed by atoms with Crippen LogP contribution in [-0.4, -0.2) is 47.8 Å². The maximum Gasteiger partial charge on any atom is 0.418 e. The number of nitrogens with zero attached hydrogens (tertiary/aromatic N) is 3. The highest BCUT2D eigenvalue weighted by molar-refractivity contribution is 7.88. The number of nitrogens with one attached hydrogen (secondary N) is 1. The highest BCUT2D eigenvalue weighted by atomic mass is 32.2. The Morgan fingerprint density at radius 3 is 2.73 bits per heavy atom. The van der Waals surface area contributed by atoms with Crippen molar-refractivity contribution < 1.29 is 26.4 Å². The van der Waals surface area contributed by atoms with Gasteiger partial charge in [0.1, 0.15) is 5.82 Å². The molecule has 1 aromatic carbocycles. The molecule has 0 saturated heterocycles. The number of carbonyl (C=O) groups excluding carboxylic acids is 1. The number of halogens is 3. The lowest BCUT2D eigenvalue weighted by Gasteiger charge is -2.29. The molecule has 162 valence electrons. The number of fused-ring (bicyclic) bond motifs is 2. The standard InChI is InChI=1S/C18H20F3N5O3S/c1-30(28,29)25-8-6-12-14(9-25)26(24-16(12)22)17(27)11-5-7-23-15-10(11)3-2-4-13(15)18(19,20)21/h2-4,11,23H,5-9H2,1H3,(H2,22,24). The van der Waals surface area contributed by atoms with E-state index in [0.717, 1.165) is 17.0 Å². The van der Waals surface area contributed by atoms with E-state index in [0.29, 0.717) is 17.7 Å². The lowest BCUT2D eigenvalue weighted by Crippen LogP contribution is -2.37. The van der Waals surface area contributed by atoms with Gasteiger partial charge in [-0.3, -0.25) is 4.79 Å². The first-order valence-electron chi connectivity index (χ1n) is 9.28. The van der Waals surface area contributed by atoms with Crippen molar-refractivity contribution in [3.8, 4) is 0 Å². The van der Waals surface area contributed by atoms with Crippen molar-refractivity contribution >= 4 is 27.4 Å². The Morgan fingerprint density at radius 1 is 1.33 bits per heavy atom. The summed E-state index contributed by atoms with van der Waals surface area (Å²) in [5.41, 5.74) is 6.20. The van der Waals surface area contributed by atoms with Gasteiger partial charge in [-0.25, -0.2) is 13.1 Å². The molecule has 2 aliphatic rings. The Balaban J connectivity index is 1.75. The molecule has 3 N–H and O–H groups in total. The van der Waals surface area contributed by atoms with E-state index in [1.165, 1.54) is 16.4 Å². The van der Waals surface area contributed by atoms with Crippen LogP contribution >= 0.6 is 0 Å². The van der Waals surface area contributed by atoms with E-state index >= 15 is 0 Å². The smallest absolute Gasteiger partial charge is 0.384 e. The summed E-state index contributed by atoms with van der Waals surface area (Å²) >= 11 is 0. The van der Waals surface area contributed by atoms with E-state index in [4.69, 9.17) is 5.73 Å². The first kappa shape index (κ1) is 20.7. The lowest BCUT2D eigenvalue weighted by molar-refractivity contribution is -0.137. The second-order valence-corrected chi connectivity index (χ2v) is 9.43. The van der Waals surface area contributed by atoms with Crippen molar-refractivity contribution in [2.45, 2.75) is 31.5 Å². The van der Waals surface area contributed by atoms with Gasteiger partial charge >= 0.3 is 6.18 Å². The van der Waals surface area contributed by atoms with Crippen LogP contribution in [0.15, 0.2) is 18.2 Å². The first-order chi connectivity index (χ1) is 14.0. The number of benzene rings is 1. The fourth-order valence-corrected chi connectivity index (χ4v) is 4.86. The van der Waals surface area contributed by atoms with E-state index in [1.807, 2.05) is 0 Å². The molecule has 1 atom stereocenters. The van der Waals surface area contributed by atoms with Gasteiger partial charge in [0.25, 0.3) is 5.91 Å². The summed E-state index contributed by atoms with van der Waals surface area (Å²) in [6.45, 7) is 0.344. The fourth-order valence-electron chi connectivity index (χ4n) is 4.08. The normalized spacial score (nSPS) is 19.7. The van der Waals surface area contributed by atoms with E-state index in [1.54, 1.807) is 0 Å². The monoisotopic (exact) mass is 443 g/mol. The van der Waals surface area contributed by atoms with Crippen molar-refractivity contribution in [2.75, 3.05) is 30.4 Å². The van der Waals surface area contributed by atoms with Crippen molar-refractivity contribution in [1.82, 2.24) is 14.1 Å². The van der Waals surface area contributed by atoms with Crippen molar-refractivity contribution in [1.29, 1.82) is 0 Å². The van der Waals surface area contributed by atoms with Crippen LogP contribution in [-0.2, 0) is 29.2 Å². The fraction of sp³-hybridized carbons (Fsp3) is 0.444. The predicted octanol–water partition coefficient (Wildman–Crippen LogP) is 2.04. The van der Waals surface area contributed by atoms with Gasteiger partial charge in [0, 0.05) is 18.7 Å². The van der Waals surface area contributed by atoms with Gasteiger partial charge in [-0.1, -0.05) is 12.1 Å². The topological polar surface area (TPSA) is 110 Å². The summed E-state index contributed by atoms with van der Waals surface area (Å²) in [6, 6.07) is 3.73. The van der Waals surface area contributed by atoms with E-state index in [-0.39, 0.29) is 43.1 Å². The Hall–Kier alpha value is -2.60. The summed E-state index contributed by atoms with van der Waals surface area (Å²) in [6.07, 6.45) is -2.90. The van der Waals surface area contributed by atoms with Crippen LogP contribution in [0.1, 0.15) is 39.5 Å². The molecule has 1 aromatic heterocycles. The Morgan fingerprint density at radius 2 is 2.07 bits per heavy atom. The molecular formula is C18H20F3N5O3S. The average molecular weight is 443 g/mol. The molecule has 30 heavy (non-hydrogen) atoms. The third-order valence-corrected chi connectivity index (χ3v) is 6.80. The number of carbonyl (C=O) groups is 1. The molecule has 2 aromatic rings. The van der Waals surface area contributed by atoms with Crippen LogP contribution < -0.4 is 11.1 Å². The number of nitrogen functional groups attached to an aromatic ring is 1. The highest BCUT2D eigenvalue weighted by Crippen LogP contribution is 2.42. The van der Waals surface area contributed by atoms with Crippen LogP contribution in [0.2, 0.25) is 0 Å². The van der Waals surface area contributed by atoms with E-state index < -0.39 is 33.6 Å². The molecule has 0 spiro atoms. The van der Waals surface area contributed by atoms with Crippen LogP contribution in [0, 0.1) is 0 Å². The summed E-state index contributed by atoms with van der Waals surface area (Å²) in [5.74, 6) is -1.26. The second kappa shape index (κ2) is 6.98. The van der Waals surface area contributed by atoms with Gasteiger partial charge in [-0.2, -0.15) is 17.5 Å². The minimum atomic E-state index is -4.56. The van der Waals surface area contributed by atoms with Gasteiger partial charge < -0.3 is 11.1 Å². The maximum atomic E-state index is 13.4. The number of nitrogens with two attached hydrogens (primary N) is 1. The average Bonchev–Trinajstić information content (AvgIpc) is 3.01. The third-order valence-electron chi connectivity index (χ3n) is 5.55. The molecule has 2 aliphatic heterocycles. The zero-order valence-electron chi connectivity index (χ0n) is 16.0. The van der Waals surface area contributed by atoms with Gasteiger partial charge in [-0.15, -0.1) is 5.10 Å². The number of rotatable bonds is 2. The Labute approximate surface area is 170 Å². The first-order valence-corrected chi connectivity index (χ1v) is 11.1. The number of anilines is 2. The number of hydrogen-bond acceptors (Lipinski definition) is 6. The Kier molecular flexibility index (Phi) is 4.81. The molecule has 1 unspecified atom stereocenters. The number of alkyl halides is 3. The highest BCUT2D eigenvalue weighted by Gasteiger charge is 2.39. The Bertz CT molecular complexity index is 1130. The molecule has 0 fully saturated rings. The van der Waals surface area contributed by atoms with Crippen molar-refractivity contribution in [2.24, 2.45) is 0 Å². The molecule has 3 heterocycles. The third kappa shape index (κ3) is 3.43. The number of hydrogen-bond donors (Lipinski definition) is 2. The van der Waals surface area contributed by atoms with E-state index in [2.05, 4.69) is 10.4 Å². The van der Waals surface area contributed by atoms with Gasteiger partial charge in [0.2, 0.25) is 10.0 Å². The molecule has 0 aliphatic carbocycles. The molecule has 0 bridgehead atoms. The summed E-state index contributed by atoms with van der Waals surface area (Å²) in [7, 11) is -3.49. The van der Waals surface area contributed by atoms with E-state index in [9.17, 15) is 26.4 Å². The lowest BCUT2D eigenvalue weighted by atomic mass is 9.88. The maximum absolute atomic E-state index is 13.4. The number of aromatic nitrogens is 2. The largest absolute Gasteiger partial charge is 0.418 e.